The molecule has 2 aromatic rings. The summed E-state index contributed by atoms with van der Waals surface area (Å²) in [4.78, 5) is 36.2. The molecule has 2 N–H and O–H groups in total. The molecule has 0 unspecified atom stereocenters. The van der Waals surface area contributed by atoms with Gasteiger partial charge in [0.2, 0.25) is 5.78 Å². The van der Waals surface area contributed by atoms with Gasteiger partial charge in [0.05, 0.1) is 5.56 Å². The zero-order valence-corrected chi connectivity index (χ0v) is 16.7. The highest BCUT2D eigenvalue weighted by Gasteiger charge is 2.20. The van der Waals surface area contributed by atoms with Crippen LogP contribution in [-0.4, -0.2) is 29.9 Å². The molecular formula is C21H23ClN2O4. The van der Waals surface area contributed by atoms with E-state index in [1.54, 1.807) is 48.5 Å². The largest absolute Gasteiger partial charge is 0.451 e. The quantitative estimate of drug-likeness (QED) is 0.542. The van der Waals surface area contributed by atoms with Gasteiger partial charge in [-0.15, -0.1) is 0 Å². The minimum atomic E-state index is -0.922. The highest BCUT2D eigenvalue weighted by Crippen LogP contribution is 2.14. The Bertz CT molecular complexity index is 832. The molecule has 0 spiro atoms. The van der Waals surface area contributed by atoms with Gasteiger partial charge in [0.25, 0.3) is 0 Å². The number of ether oxygens (including phenoxy) is 1. The minimum absolute atomic E-state index is 0.0507. The topological polar surface area (TPSA) is 84.5 Å². The molecule has 0 fully saturated rings. The van der Waals surface area contributed by atoms with Crippen LogP contribution in [0.25, 0.3) is 0 Å². The van der Waals surface area contributed by atoms with E-state index in [9.17, 15) is 14.4 Å². The van der Waals surface area contributed by atoms with Crippen molar-refractivity contribution in [3.63, 3.8) is 0 Å². The number of halogens is 1. The van der Waals surface area contributed by atoms with Crippen molar-refractivity contribution in [2.75, 3.05) is 0 Å². The zero-order chi connectivity index (χ0) is 20.7. The van der Waals surface area contributed by atoms with Gasteiger partial charge in [-0.1, -0.05) is 23.7 Å². The summed E-state index contributed by atoms with van der Waals surface area (Å²) >= 11 is 5.81. The SMILES string of the molecule is CC(C)NC(=O)NCc1ccc(C(=O)O[C@H](C)C(=O)c2ccc(Cl)cc2)cc1. The van der Waals surface area contributed by atoms with E-state index in [1.165, 1.54) is 6.92 Å². The van der Waals surface area contributed by atoms with E-state index < -0.39 is 12.1 Å². The molecule has 0 aliphatic heterocycles. The fraction of sp³-hybridized carbons (Fsp3) is 0.286. The summed E-state index contributed by atoms with van der Waals surface area (Å²) in [5.41, 5.74) is 1.58. The summed E-state index contributed by atoms with van der Waals surface area (Å²) in [5, 5.41) is 5.98. The predicted molar refractivity (Wildman–Crippen MR) is 108 cm³/mol. The van der Waals surface area contributed by atoms with Crippen molar-refractivity contribution in [1.82, 2.24) is 10.6 Å². The highest BCUT2D eigenvalue weighted by molar-refractivity contribution is 6.30. The highest BCUT2D eigenvalue weighted by atomic mass is 35.5. The Labute approximate surface area is 169 Å². The van der Waals surface area contributed by atoms with Gasteiger partial charge in [0, 0.05) is 23.2 Å². The number of benzene rings is 2. The van der Waals surface area contributed by atoms with E-state index in [-0.39, 0.29) is 17.9 Å². The first-order valence-electron chi connectivity index (χ1n) is 8.90. The maximum Gasteiger partial charge on any atom is 0.338 e. The molecule has 2 aromatic carbocycles. The second-order valence-electron chi connectivity index (χ2n) is 6.60. The van der Waals surface area contributed by atoms with Crippen molar-refractivity contribution in [2.45, 2.75) is 39.5 Å². The summed E-state index contributed by atoms with van der Waals surface area (Å²) < 4.78 is 5.26. The van der Waals surface area contributed by atoms with Gasteiger partial charge in [-0.2, -0.15) is 0 Å². The van der Waals surface area contributed by atoms with Crippen LogP contribution in [0.1, 0.15) is 47.1 Å². The average Bonchev–Trinajstić information content (AvgIpc) is 2.66. The predicted octanol–water partition coefficient (Wildman–Crippen LogP) is 3.98. The van der Waals surface area contributed by atoms with Crippen molar-refractivity contribution in [2.24, 2.45) is 0 Å². The molecule has 0 radical (unpaired) electrons. The average molecular weight is 403 g/mol. The summed E-state index contributed by atoms with van der Waals surface area (Å²) in [6.07, 6.45) is -0.922. The van der Waals surface area contributed by atoms with Crippen LogP contribution in [0.15, 0.2) is 48.5 Å². The number of amides is 2. The molecule has 2 amide bonds. The molecule has 0 aliphatic carbocycles. The van der Waals surface area contributed by atoms with Crippen LogP contribution in [0.3, 0.4) is 0 Å². The van der Waals surface area contributed by atoms with Crippen molar-refractivity contribution in [1.29, 1.82) is 0 Å². The first-order chi connectivity index (χ1) is 13.3. The maximum absolute atomic E-state index is 12.3. The number of carbonyl (C=O) groups is 3. The number of ketones is 1. The number of esters is 1. The van der Waals surface area contributed by atoms with Gasteiger partial charge in [-0.3, -0.25) is 4.79 Å². The van der Waals surface area contributed by atoms with Gasteiger partial charge in [0.15, 0.2) is 6.10 Å². The Hall–Kier alpha value is -2.86. The van der Waals surface area contributed by atoms with Crippen LogP contribution < -0.4 is 10.6 Å². The van der Waals surface area contributed by atoms with Gasteiger partial charge in [-0.05, 0) is 62.7 Å². The maximum atomic E-state index is 12.3. The summed E-state index contributed by atoms with van der Waals surface area (Å²) in [7, 11) is 0. The number of Topliss-reactive ketones (excluding diaryl/α,β-unsaturated/α-hetero) is 1. The van der Waals surface area contributed by atoms with Crippen LogP contribution in [-0.2, 0) is 11.3 Å². The van der Waals surface area contributed by atoms with E-state index in [1.807, 2.05) is 13.8 Å². The molecule has 1 atom stereocenters. The Morgan fingerprint density at radius 2 is 1.50 bits per heavy atom. The van der Waals surface area contributed by atoms with Gasteiger partial charge in [-0.25, -0.2) is 9.59 Å². The third kappa shape index (κ3) is 6.39. The fourth-order valence-corrected chi connectivity index (χ4v) is 2.51. The number of nitrogens with one attached hydrogen (secondary N) is 2. The van der Waals surface area contributed by atoms with E-state index in [0.29, 0.717) is 22.7 Å². The van der Waals surface area contributed by atoms with Crippen molar-refractivity contribution >= 4 is 29.4 Å². The van der Waals surface area contributed by atoms with E-state index in [2.05, 4.69) is 10.6 Å². The minimum Gasteiger partial charge on any atom is -0.451 e. The van der Waals surface area contributed by atoms with E-state index in [0.717, 1.165) is 5.56 Å². The molecule has 148 valence electrons. The van der Waals surface area contributed by atoms with Gasteiger partial charge < -0.3 is 15.4 Å². The van der Waals surface area contributed by atoms with E-state index in [4.69, 9.17) is 16.3 Å². The lowest BCUT2D eigenvalue weighted by Gasteiger charge is -2.13. The molecule has 28 heavy (non-hydrogen) atoms. The second-order valence-corrected chi connectivity index (χ2v) is 7.03. The summed E-state index contributed by atoms with van der Waals surface area (Å²) in [5.74, 6) is -0.895. The molecule has 0 saturated carbocycles. The van der Waals surface area contributed by atoms with Crippen LogP contribution in [0.4, 0.5) is 4.79 Å². The van der Waals surface area contributed by atoms with Crippen molar-refractivity contribution < 1.29 is 19.1 Å². The normalized spacial score (nSPS) is 11.6. The van der Waals surface area contributed by atoms with Crippen LogP contribution in [0.5, 0.6) is 0 Å². The zero-order valence-electron chi connectivity index (χ0n) is 16.0. The summed E-state index contributed by atoms with van der Waals surface area (Å²) in [6, 6.07) is 12.8. The molecule has 0 bridgehead atoms. The lowest BCUT2D eigenvalue weighted by atomic mass is 10.1. The third-order valence-electron chi connectivity index (χ3n) is 3.84. The molecule has 0 saturated heterocycles. The van der Waals surface area contributed by atoms with Crippen LogP contribution >= 0.6 is 11.6 Å². The van der Waals surface area contributed by atoms with Crippen molar-refractivity contribution in [3.8, 4) is 0 Å². The number of carbonyl (C=O) groups excluding carboxylic acids is 3. The Morgan fingerprint density at radius 1 is 0.929 bits per heavy atom. The molecule has 2 rings (SSSR count). The number of hydrogen-bond acceptors (Lipinski definition) is 4. The molecule has 0 heterocycles. The smallest absolute Gasteiger partial charge is 0.338 e. The van der Waals surface area contributed by atoms with E-state index >= 15 is 0 Å². The molecule has 6 nitrogen and oxygen atoms in total. The van der Waals surface area contributed by atoms with Crippen LogP contribution in [0.2, 0.25) is 5.02 Å². The third-order valence-corrected chi connectivity index (χ3v) is 4.10. The van der Waals surface area contributed by atoms with Gasteiger partial charge in [0.1, 0.15) is 0 Å². The number of urea groups is 1. The Morgan fingerprint density at radius 3 is 2.07 bits per heavy atom. The second kappa shape index (κ2) is 9.90. The summed E-state index contributed by atoms with van der Waals surface area (Å²) in [6.45, 7) is 5.61. The van der Waals surface area contributed by atoms with Crippen molar-refractivity contribution in [3.05, 3.63) is 70.2 Å². The first-order valence-corrected chi connectivity index (χ1v) is 9.28. The first kappa shape index (κ1) is 21.4. The molecular weight excluding hydrogens is 380 g/mol. The molecule has 7 heteroatoms. The number of rotatable bonds is 7. The molecule has 0 aliphatic rings. The van der Waals surface area contributed by atoms with Gasteiger partial charge >= 0.3 is 12.0 Å². The molecule has 0 aromatic heterocycles. The van der Waals surface area contributed by atoms with Crippen LogP contribution in [0, 0.1) is 0 Å². The fourth-order valence-electron chi connectivity index (χ4n) is 2.39. The standard InChI is InChI=1S/C21H23ClN2O4/c1-13(2)24-21(27)23-12-15-4-6-17(7-5-15)20(26)28-14(3)19(25)16-8-10-18(22)11-9-16/h4-11,13-14H,12H2,1-3H3,(H2,23,24,27)/t14-/m1/s1. The number of hydrogen-bond donors (Lipinski definition) is 2. The monoisotopic (exact) mass is 402 g/mol. The lowest BCUT2D eigenvalue weighted by Crippen LogP contribution is -2.39. The Kier molecular flexibility index (Phi) is 7.58. The Balaban J connectivity index is 1.90. The lowest BCUT2D eigenvalue weighted by molar-refractivity contribution is 0.0319.